The van der Waals surface area contributed by atoms with E-state index in [1.807, 2.05) is 12.1 Å². The van der Waals surface area contributed by atoms with Crippen LogP contribution in [0.1, 0.15) is 5.56 Å². The molecule has 0 atom stereocenters. The molecule has 0 spiro atoms. The number of nitrogens with zero attached hydrogens (tertiary/aromatic N) is 2. The van der Waals surface area contributed by atoms with Gasteiger partial charge in [0.15, 0.2) is 0 Å². The van der Waals surface area contributed by atoms with Crippen LogP contribution in [0, 0.1) is 0 Å². The van der Waals surface area contributed by atoms with Crippen LogP contribution in [0.25, 0.3) is 0 Å². The molecule has 3 rings (SSSR count). The summed E-state index contributed by atoms with van der Waals surface area (Å²) in [6.07, 6.45) is 0. The Morgan fingerprint density at radius 3 is 2.37 bits per heavy atom. The summed E-state index contributed by atoms with van der Waals surface area (Å²) in [5.41, 5.74) is 3.79. The van der Waals surface area contributed by atoms with E-state index in [-0.39, 0.29) is 0 Å². The lowest BCUT2D eigenvalue weighted by Gasteiger charge is -2.37. The second kappa shape index (κ2) is 4.84. The van der Waals surface area contributed by atoms with E-state index in [1.54, 1.807) is 12.1 Å². The van der Waals surface area contributed by atoms with Gasteiger partial charge < -0.3 is 14.9 Å². The SMILES string of the molecule is CN1CCN(Cc2ccc(O)cc2)c2ccccc21. The predicted octanol–water partition coefficient (Wildman–Crippen LogP) is 2.85. The molecular formula is C16H18N2O. The highest BCUT2D eigenvalue weighted by atomic mass is 16.3. The van der Waals surface area contributed by atoms with Crippen LogP contribution in [0.4, 0.5) is 11.4 Å². The minimum atomic E-state index is 0.322. The Labute approximate surface area is 113 Å². The number of likely N-dealkylation sites (N-methyl/N-ethyl adjacent to an activating group) is 1. The van der Waals surface area contributed by atoms with Crippen molar-refractivity contribution in [3.8, 4) is 5.75 Å². The van der Waals surface area contributed by atoms with Crippen molar-refractivity contribution in [1.82, 2.24) is 0 Å². The summed E-state index contributed by atoms with van der Waals surface area (Å²) in [6, 6.07) is 16.0. The molecule has 1 aliphatic rings. The van der Waals surface area contributed by atoms with Gasteiger partial charge in [0.25, 0.3) is 0 Å². The third-order valence-corrected chi connectivity index (χ3v) is 3.65. The first-order valence-corrected chi connectivity index (χ1v) is 6.57. The molecule has 3 heteroatoms. The lowest BCUT2D eigenvalue weighted by molar-refractivity contribution is 0.475. The molecule has 0 aliphatic carbocycles. The fourth-order valence-corrected chi connectivity index (χ4v) is 2.55. The van der Waals surface area contributed by atoms with E-state index >= 15 is 0 Å². The number of anilines is 2. The molecule has 1 N–H and O–H groups in total. The van der Waals surface area contributed by atoms with Gasteiger partial charge in [-0.05, 0) is 29.8 Å². The third-order valence-electron chi connectivity index (χ3n) is 3.65. The average molecular weight is 254 g/mol. The third kappa shape index (κ3) is 2.36. The first-order chi connectivity index (χ1) is 9.24. The van der Waals surface area contributed by atoms with Crippen molar-refractivity contribution in [3.05, 3.63) is 54.1 Å². The van der Waals surface area contributed by atoms with E-state index in [9.17, 15) is 5.11 Å². The van der Waals surface area contributed by atoms with Gasteiger partial charge in [-0.15, -0.1) is 0 Å². The van der Waals surface area contributed by atoms with Gasteiger partial charge in [0.05, 0.1) is 11.4 Å². The van der Waals surface area contributed by atoms with Crippen molar-refractivity contribution in [1.29, 1.82) is 0 Å². The van der Waals surface area contributed by atoms with Crippen LogP contribution in [0.3, 0.4) is 0 Å². The van der Waals surface area contributed by atoms with Gasteiger partial charge >= 0.3 is 0 Å². The number of aromatic hydroxyl groups is 1. The Kier molecular flexibility index (Phi) is 3.03. The van der Waals surface area contributed by atoms with E-state index in [1.165, 1.54) is 16.9 Å². The van der Waals surface area contributed by atoms with E-state index in [2.05, 4.69) is 41.1 Å². The van der Waals surface area contributed by atoms with Crippen molar-refractivity contribution in [2.24, 2.45) is 0 Å². The standard InChI is InChI=1S/C16H18N2O/c1-17-10-11-18(16-5-3-2-4-15(16)17)12-13-6-8-14(19)9-7-13/h2-9,19H,10-12H2,1H3. The zero-order valence-electron chi connectivity index (χ0n) is 11.1. The molecular weight excluding hydrogens is 236 g/mol. The van der Waals surface area contributed by atoms with Crippen LogP contribution in [-0.2, 0) is 6.54 Å². The van der Waals surface area contributed by atoms with Crippen LogP contribution in [0.5, 0.6) is 5.75 Å². The van der Waals surface area contributed by atoms with Gasteiger partial charge in [-0.25, -0.2) is 0 Å². The maximum Gasteiger partial charge on any atom is 0.115 e. The fourth-order valence-electron chi connectivity index (χ4n) is 2.55. The molecule has 0 saturated heterocycles. The Morgan fingerprint density at radius 2 is 1.63 bits per heavy atom. The molecule has 19 heavy (non-hydrogen) atoms. The van der Waals surface area contributed by atoms with Crippen LogP contribution in [-0.4, -0.2) is 25.2 Å². The zero-order chi connectivity index (χ0) is 13.2. The van der Waals surface area contributed by atoms with Crippen molar-refractivity contribution < 1.29 is 5.11 Å². The van der Waals surface area contributed by atoms with E-state index in [0.29, 0.717) is 5.75 Å². The van der Waals surface area contributed by atoms with Crippen LogP contribution in [0.2, 0.25) is 0 Å². The Bertz CT molecular complexity index is 565. The molecule has 1 heterocycles. The highest BCUT2D eigenvalue weighted by molar-refractivity contribution is 5.73. The lowest BCUT2D eigenvalue weighted by atomic mass is 10.1. The summed E-state index contributed by atoms with van der Waals surface area (Å²) in [4.78, 5) is 4.68. The van der Waals surface area contributed by atoms with Crippen LogP contribution < -0.4 is 9.80 Å². The van der Waals surface area contributed by atoms with Gasteiger partial charge in [0, 0.05) is 26.7 Å². The highest BCUT2D eigenvalue weighted by Gasteiger charge is 2.19. The van der Waals surface area contributed by atoms with Crippen molar-refractivity contribution in [2.75, 3.05) is 29.9 Å². The van der Waals surface area contributed by atoms with E-state index in [0.717, 1.165) is 19.6 Å². The van der Waals surface area contributed by atoms with Gasteiger partial charge in [-0.2, -0.15) is 0 Å². The molecule has 2 aromatic rings. The van der Waals surface area contributed by atoms with Crippen LogP contribution >= 0.6 is 0 Å². The molecule has 0 aromatic heterocycles. The number of phenolic OH excluding ortho intramolecular Hbond substituents is 1. The topological polar surface area (TPSA) is 26.7 Å². The molecule has 0 radical (unpaired) electrons. The smallest absolute Gasteiger partial charge is 0.115 e. The number of benzene rings is 2. The van der Waals surface area contributed by atoms with Crippen molar-refractivity contribution in [3.63, 3.8) is 0 Å². The molecule has 98 valence electrons. The number of fused-ring (bicyclic) bond motifs is 1. The Hall–Kier alpha value is -2.16. The van der Waals surface area contributed by atoms with Gasteiger partial charge in [0.2, 0.25) is 0 Å². The number of para-hydroxylation sites is 2. The Balaban J connectivity index is 1.86. The average Bonchev–Trinajstić information content (AvgIpc) is 2.45. The first-order valence-electron chi connectivity index (χ1n) is 6.57. The van der Waals surface area contributed by atoms with Gasteiger partial charge in [-0.3, -0.25) is 0 Å². The predicted molar refractivity (Wildman–Crippen MR) is 78.9 cm³/mol. The maximum absolute atomic E-state index is 9.33. The summed E-state index contributed by atoms with van der Waals surface area (Å²) in [6.45, 7) is 2.94. The van der Waals surface area contributed by atoms with Crippen molar-refractivity contribution >= 4 is 11.4 Å². The summed E-state index contributed by atoms with van der Waals surface area (Å²) >= 11 is 0. The van der Waals surface area contributed by atoms with Gasteiger partial charge in [-0.1, -0.05) is 24.3 Å². The number of rotatable bonds is 2. The minimum Gasteiger partial charge on any atom is -0.508 e. The molecule has 0 amide bonds. The molecule has 0 saturated carbocycles. The minimum absolute atomic E-state index is 0.322. The summed E-state index contributed by atoms with van der Waals surface area (Å²) in [7, 11) is 2.14. The molecule has 0 bridgehead atoms. The molecule has 0 unspecified atom stereocenters. The molecule has 0 fully saturated rings. The first kappa shape index (κ1) is 11.9. The number of hydrogen-bond donors (Lipinski definition) is 1. The van der Waals surface area contributed by atoms with Gasteiger partial charge in [0.1, 0.15) is 5.75 Å². The van der Waals surface area contributed by atoms with E-state index < -0.39 is 0 Å². The molecule has 3 nitrogen and oxygen atoms in total. The summed E-state index contributed by atoms with van der Waals surface area (Å²) in [5.74, 6) is 0.322. The maximum atomic E-state index is 9.33. The monoisotopic (exact) mass is 254 g/mol. The summed E-state index contributed by atoms with van der Waals surface area (Å²) in [5, 5.41) is 9.33. The number of phenols is 1. The fraction of sp³-hybridized carbons (Fsp3) is 0.250. The molecule has 1 aliphatic heterocycles. The second-order valence-electron chi connectivity index (χ2n) is 5.00. The Morgan fingerprint density at radius 1 is 0.947 bits per heavy atom. The normalized spacial score (nSPS) is 14.4. The van der Waals surface area contributed by atoms with E-state index in [4.69, 9.17) is 0 Å². The largest absolute Gasteiger partial charge is 0.508 e. The lowest BCUT2D eigenvalue weighted by Crippen LogP contribution is -2.38. The number of hydrogen-bond acceptors (Lipinski definition) is 3. The summed E-state index contributed by atoms with van der Waals surface area (Å²) < 4.78 is 0. The van der Waals surface area contributed by atoms with Crippen molar-refractivity contribution in [2.45, 2.75) is 6.54 Å². The second-order valence-corrected chi connectivity index (χ2v) is 5.00. The quantitative estimate of drug-likeness (QED) is 0.892. The molecule has 2 aromatic carbocycles. The highest BCUT2D eigenvalue weighted by Crippen LogP contribution is 2.32. The zero-order valence-corrected chi connectivity index (χ0v) is 11.1. The van der Waals surface area contributed by atoms with Crippen LogP contribution in [0.15, 0.2) is 48.5 Å².